The van der Waals surface area contributed by atoms with Crippen molar-refractivity contribution in [3.8, 4) is 0 Å². The van der Waals surface area contributed by atoms with Crippen molar-refractivity contribution in [3.63, 3.8) is 0 Å². The fourth-order valence-electron chi connectivity index (χ4n) is 2.16. The van der Waals surface area contributed by atoms with Crippen molar-refractivity contribution < 1.29 is 9.90 Å². The van der Waals surface area contributed by atoms with E-state index in [2.05, 4.69) is 10.3 Å². The Labute approximate surface area is 107 Å². The van der Waals surface area contributed by atoms with Gasteiger partial charge in [0.25, 0.3) is 0 Å². The monoisotopic (exact) mass is 246 g/mol. The van der Waals surface area contributed by atoms with E-state index in [1.807, 2.05) is 18.2 Å². The summed E-state index contributed by atoms with van der Waals surface area (Å²) in [5.74, 6) is -0.194. The highest BCUT2D eigenvalue weighted by molar-refractivity contribution is 5.91. The Kier molecular flexibility index (Phi) is 4.10. The molecule has 0 unspecified atom stereocenters. The molecule has 1 heterocycles. The van der Waals surface area contributed by atoms with E-state index in [-0.39, 0.29) is 5.91 Å². The summed E-state index contributed by atoms with van der Waals surface area (Å²) in [5.41, 5.74) is 0.0429. The van der Waals surface area contributed by atoms with Crippen molar-refractivity contribution in [1.82, 2.24) is 10.3 Å². The van der Waals surface area contributed by atoms with Crippen molar-refractivity contribution in [2.24, 2.45) is 0 Å². The van der Waals surface area contributed by atoms with Crippen molar-refractivity contribution >= 4 is 12.0 Å². The lowest BCUT2D eigenvalue weighted by Gasteiger charge is -2.21. The molecule has 18 heavy (non-hydrogen) atoms. The van der Waals surface area contributed by atoms with Crippen LogP contribution in [0.5, 0.6) is 0 Å². The van der Waals surface area contributed by atoms with Gasteiger partial charge in [-0.1, -0.05) is 18.9 Å². The van der Waals surface area contributed by atoms with Gasteiger partial charge in [-0.25, -0.2) is 0 Å². The van der Waals surface area contributed by atoms with E-state index < -0.39 is 5.60 Å². The highest BCUT2D eigenvalue weighted by atomic mass is 16.3. The molecule has 2 N–H and O–H groups in total. The molecule has 0 bridgehead atoms. The van der Waals surface area contributed by atoms with Crippen LogP contribution in [-0.2, 0) is 4.79 Å². The van der Waals surface area contributed by atoms with Gasteiger partial charge in [-0.05, 0) is 31.1 Å². The molecule has 0 aliphatic heterocycles. The van der Waals surface area contributed by atoms with Crippen LogP contribution in [0.4, 0.5) is 0 Å². The lowest BCUT2D eigenvalue weighted by Crippen LogP contribution is -2.40. The normalized spacial score (nSPS) is 18.1. The number of carbonyl (C=O) groups is 1. The number of hydrogen-bond donors (Lipinski definition) is 2. The molecule has 0 aromatic carbocycles. The SMILES string of the molecule is O=C(/C=C/c1ccccn1)NCC1(O)CCCC1. The first kappa shape index (κ1) is 12.8. The largest absolute Gasteiger partial charge is 0.388 e. The number of hydrogen-bond acceptors (Lipinski definition) is 3. The predicted octanol–water partition coefficient (Wildman–Crippen LogP) is 1.52. The number of amides is 1. The van der Waals surface area contributed by atoms with Gasteiger partial charge in [-0.3, -0.25) is 9.78 Å². The van der Waals surface area contributed by atoms with Gasteiger partial charge >= 0.3 is 0 Å². The van der Waals surface area contributed by atoms with E-state index in [1.165, 1.54) is 6.08 Å². The average Bonchev–Trinajstić information content (AvgIpc) is 2.83. The van der Waals surface area contributed by atoms with Gasteiger partial charge in [0, 0.05) is 18.8 Å². The van der Waals surface area contributed by atoms with Crippen LogP contribution >= 0.6 is 0 Å². The lowest BCUT2D eigenvalue weighted by atomic mass is 10.0. The minimum absolute atomic E-state index is 0.194. The summed E-state index contributed by atoms with van der Waals surface area (Å²) in [7, 11) is 0. The maximum atomic E-state index is 11.6. The third-order valence-electron chi connectivity index (χ3n) is 3.22. The molecule has 1 fully saturated rings. The summed E-state index contributed by atoms with van der Waals surface area (Å²) >= 11 is 0. The van der Waals surface area contributed by atoms with Gasteiger partial charge in [0.15, 0.2) is 0 Å². The summed E-state index contributed by atoms with van der Waals surface area (Å²) in [5, 5.41) is 12.8. The minimum Gasteiger partial charge on any atom is -0.388 e. The van der Waals surface area contributed by atoms with E-state index in [0.29, 0.717) is 6.54 Å². The van der Waals surface area contributed by atoms with E-state index >= 15 is 0 Å². The lowest BCUT2D eigenvalue weighted by molar-refractivity contribution is -0.117. The molecule has 96 valence electrons. The Hall–Kier alpha value is -1.68. The van der Waals surface area contributed by atoms with Crippen LogP contribution in [-0.4, -0.2) is 28.1 Å². The van der Waals surface area contributed by atoms with Gasteiger partial charge in [-0.2, -0.15) is 0 Å². The quantitative estimate of drug-likeness (QED) is 0.792. The summed E-state index contributed by atoms with van der Waals surface area (Å²) in [6.07, 6.45) is 8.41. The zero-order valence-corrected chi connectivity index (χ0v) is 10.3. The summed E-state index contributed by atoms with van der Waals surface area (Å²) in [6, 6.07) is 5.52. The Balaban J connectivity index is 1.80. The van der Waals surface area contributed by atoms with Crippen molar-refractivity contribution in [2.45, 2.75) is 31.3 Å². The van der Waals surface area contributed by atoms with Crippen LogP contribution in [0.15, 0.2) is 30.5 Å². The number of aromatic nitrogens is 1. The second-order valence-corrected chi connectivity index (χ2v) is 4.74. The van der Waals surface area contributed by atoms with Crippen LogP contribution in [0.1, 0.15) is 31.4 Å². The van der Waals surface area contributed by atoms with Crippen molar-refractivity contribution in [1.29, 1.82) is 0 Å². The van der Waals surface area contributed by atoms with E-state index in [0.717, 1.165) is 31.4 Å². The Bertz CT molecular complexity index is 423. The third kappa shape index (κ3) is 3.67. The average molecular weight is 246 g/mol. The first-order valence-electron chi connectivity index (χ1n) is 6.27. The number of nitrogens with one attached hydrogen (secondary N) is 1. The van der Waals surface area contributed by atoms with E-state index in [4.69, 9.17) is 0 Å². The topological polar surface area (TPSA) is 62.2 Å². The molecule has 1 aliphatic carbocycles. The second-order valence-electron chi connectivity index (χ2n) is 4.74. The molecule has 4 heteroatoms. The van der Waals surface area contributed by atoms with Gasteiger partial charge in [0.05, 0.1) is 11.3 Å². The molecule has 1 saturated carbocycles. The maximum absolute atomic E-state index is 11.6. The zero-order chi connectivity index (χ0) is 12.8. The number of nitrogens with zero attached hydrogens (tertiary/aromatic N) is 1. The van der Waals surface area contributed by atoms with Gasteiger partial charge in [0.2, 0.25) is 5.91 Å². The van der Waals surface area contributed by atoms with Gasteiger partial charge in [0.1, 0.15) is 0 Å². The standard InChI is InChI=1S/C14H18N2O2/c17-13(7-6-12-5-1-4-10-15-12)16-11-14(18)8-2-3-9-14/h1,4-7,10,18H,2-3,8-9,11H2,(H,16,17)/b7-6+. The molecule has 0 spiro atoms. The summed E-state index contributed by atoms with van der Waals surface area (Å²) in [6.45, 7) is 0.332. The molecule has 1 aromatic rings. The molecule has 1 aliphatic rings. The smallest absolute Gasteiger partial charge is 0.244 e. The highest BCUT2D eigenvalue weighted by Gasteiger charge is 2.30. The molecule has 2 rings (SSSR count). The zero-order valence-electron chi connectivity index (χ0n) is 10.3. The first-order chi connectivity index (χ1) is 8.68. The number of carbonyl (C=O) groups excluding carboxylic acids is 1. The molecule has 0 saturated heterocycles. The number of rotatable bonds is 4. The van der Waals surface area contributed by atoms with Crippen LogP contribution in [0.3, 0.4) is 0 Å². The number of pyridine rings is 1. The molecule has 0 radical (unpaired) electrons. The fourth-order valence-corrected chi connectivity index (χ4v) is 2.16. The molecular weight excluding hydrogens is 228 g/mol. The molecule has 4 nitrogen and oxygen atoms in total. The summed E-state index contributed by atoms with van der Waals surface area (Å²) < 4.78 is 0. The maximum Gasteiger partial charge on any atom is 0.244 e. The van der Waals surface area contributed by atoms with E-state index in [9.17, 15) is 9.90 Å². The molecular formula is C14H18N2O2. The predicted molar refractivity (Wildman–Crippen MR) is 69.7 cm³/mol. The minimum atomic E-state index is -0.700. The highest BCUT2D eigenvalue weighted by Crippen LogP contribution is 2.28. The third-order valence-corrected chi connectivity index (χ3v) is 3.22. The van der Waals surface area contributed by atoms with Crippen LogP contribution in [0, 0.1) is 0 Å². The Morgan fingerprint density at radius 2 is 2.22 bits per heavy atom. The molecule has 1 amide bonds. The second kappa shape index (κ2) is 5.78. The van der Waals surface area contributed by atoms with Crippen LogP contribution in [0.25, 0.3) is 6.08 Å². The van der Waals surface area contributed by atoms with Gasteiger partial charge < -0.3 is 10.4 Å². The fraction of sp³-hybridized carbons (Fsp3) is 0.429. The van der Waals surface area contributed by atoms with Crippen LogP contribution in [0.2, 0.25) is 0 Å². The molecule has 1 aromatic heterocycles. The summed E-state index contributed by atoms with van der Waals surface area (Å²) in [4.78, 5) is 15.7. The Morgan fingerprint density at radius 3 is 2.89 bits per heavy atom. The molecule has 0 atom stereocenters. The van der Waals surface area contributed by atoms with E-state index in [1.54, 1.807) is 12.3 Å². The number of aliphatic hydroxyl groups is 1. The van der Waals surface area contributed by atoms with Crippen molar-refractivity contribution in [2.75, 3.05) is 6.54 Å². The first-order valence-corrected chi connectivity index (χ1v) is 6.27. The van der Waals surface area contributed by atoms with Crippen molar-refractivity contribution in [3.05, 3.63) is 36.2 Å². The van der Waals surface area contributed by atoms with Crippen LogP contribution < -0.4 is 5.32 Å². The Morgan fingerprint density at radius 1 is 1.44 bits per heavy atom. The van der Waals surface area contributed by atoms with Gasteiger partial charge in [-0.15, -0.1) is 0 Å².